The Kier molecular flexibility index (Phi) is 8.67. The van der Waals surface area contributed by atoms with Crippen molar-refractivity contribution < 1.29 is 0 Å². The summed E-state index contributed by atoms with van der Waals surface area (Å²) in [7, 11) is 1.68. The number of nitrogens with zero attached hydrogens (tertiary/aromatic N) is 3. The molecule has 0 fully saturated rings. The predicted molar refractivity (Wildman–Crippen MR) is 81.9 cm³/mol. The molecule has 0 saturated carbocycles. The summed E-state index contributed by atoms with van der Waals surface area (Å²) in [5.41, 5.74) is -0.00926. The molecule has 0 amide bonds. The number of hydrogen-bond acceptors (Lipinski definition) is 3. The standard InChI is InChI=1S/C8H11NO.C5H6N2O.C2H6/c1-7(2)9-6-4-3-5-8(9)10;1-7-3-2-6-4-5(7)8;1-2/h3-7H,1-2H3;2-4H,1H3;1-2H3. The molecule has 0 saturated heterocycles. The molecular weight excluding hydrogens is 254 g/mol. The maximum Gasteiger partial charge on any atom is 0.268 e. The van der Waals surface area contributed by atoms with Gasteiger partial charge in [-0.05, 0) is 19.9 Å². The highest BCUT2D eigenvalue weighted by atomic mass is 16.1. The zero-order valence-electron chi connectivity index (χ0n) is 12.8. The van der Waals surface area contributed by atoms with Crippen LogP contribution in [0.5, 0.6) is 0 Å². The number of aryl methyl sites for hydroxylation is 1. The van der Waals surface area contributed by atoms with Gasteiger partial charge in [-0.25, -0.2) is 0 Å². The van der Waals surface area contributed by atoms with Crippen LogP contribution in [0.25, 0.3) is 0 Å². The minimum absolute atomic E-state index is 0.0671. The quantitative estimate of drug-likeness (QED) is 0.803. The summed E-state index contributed by atoms with van der Waals surface area (Å²) in [5, 5.41) is 0. The van der Waals surface area contributed by atoms with Crippen LogP contribution in [0.1, 0.15) is 33.7 Å². The first-order valence-electron chi connectivity index (χ1n) is 6.66. The first-order valence-corrected chi connectivity index (χ1v) is 6.66. The van der Waals surface area contributed by atoms with Crippen LogP contribution in [0, 0.1) is 0 Å². The van der Waals surface area contributed by atoms with Crippen LogP contribution in [-0.2, 0) is 7.05 Å². The summed E-state index contributed by atoms with van der Waals surface area (Å²) in [6.45, 7) is 7.98. The summed E-state index contributed by atoms with van der Waals surface area (Å²) < 4.78 is 3.16. The van der Waals surface area contributed by atoms with E-state index in [2.05, 4.69) is 4.98 Å². The number of rotatable bonds is 1. The van der Waals surface area contributed by atoms with Gasteiger partial charge in [0.15, 0.2) is 0 Å². The Morgan fingerprint density at radius 1 is 1.05 bits per heavy atom. The van der Waals surface area contributed by atoms with Gasteiger partial charge in [-0.3, -0.25) is 14.6 Å². The van der Waals surface area contributed by atoms with E-state index in [0.29, 0.717) is 0 Å². The fourth-order valence-corrected chi connectivity index (χ4v) is 1.28. The van der Waals surface area contributed by atoms with Crippen LogP contribution in [0.15, 0.2) is 52.6 Å². The van der Waals surface area contributed by atoms with Crippen molar-refractivity contribution in [2.24, 2.45) is 7.05 Å². The molecule has 0 unspecified atom stereocenters. The maximum atomic E-state index is 11.0. The van der Waals surface area contributed by atoms with Gasteiger partial charge in [-0.2, -0.15) is 0 Å². The van der Waals surface area contributed by atoms with E-state index in [1.165, 1.54) is 10.8 Å². The normalized spacial score (nSPS) is 9.10. The Morgan fingerprint density at radius 3 is 2.05 bits per heavy atom. The summed E-state index contributed by atoms with van der Waals surface area (Å²) in [6.07, 6.45) is 6.26. The van der Waals surface area contributed by atoms with E-state index < -0.39 is 0 Å². The molecule has 0 bridgehead atoms. The fourth-order valence-electron chi connectivity index (χ4n) is 1.28. The fraction of sp³-hybridized carbons (Fsp3) is 0.400. The summed E-state index contributed by atoms with van der Waals surface area (Å²) in [4.78, 5) is 25.2. The maximum absolute atomic E-state index is 11.0. The Labute approximate surface area is 119 Å². The molecule has 2 rings (SSSR count). The van der Waals surface area contributed by atoms with Crippen LogP contribution < -0.4 is 11.1 Å². The minimum Gasteiger partial charge on any atom is -0.316 e. The zero-order valence-corrected chi connectivity index (χ0v) is 12.8. The third-order valence-electron chi connectivity index (χ3n) is 2.32. The molecule has 2 aromatic heterocycles. The van der Waals surface area contributed by atoms with Gasteiger partial charge in [0.1, 0.15) is 0 Å². The molecule has 0 aliphatic heterocycles. The summed E-state index contributed by atoms with van der Waals surface area (Å²) in [6, 6.07) is 5.44. The molecule has 2 heterocycles. The lowest BCUT2D eigenvalue weighted by Gasteiger charge is -2.06. The van der Waals surface area contributed by atoms with Gasteiger partial charge in [-0.15, -0.1) is 0 Å². The topological polar surface area (TPSA) is 56.9 Å². The Balaban J connectivity index is 0.000000327. The average molecular weight is 277 g/mol. The smallest absolute Gasteiger partial charge is 0.268 e. The van der Waals surface area contributed by atoms with Crippen molar-refractivity contribution >= 4 is 0 Å². The average Bonchev–Trinajstić information content (AvgIpc) is 2.45. The number of aromatic nitrogens is 3. The molecule has 0 spiro atoms. The van der Waals surface area contributed by atoms with E-state index in [1.807, 2.05) is 33.8 Å². The Morgan fingerprint density at radius 2 is 1.70 bits per heavy atom. The van der Waals surface area contributed by atoms with Crippen LogP contribution in [-0.4, -0.2) is 14.1 Å². The highest BCUT2D eigenvalue weighted by Crippen LogP contribution is 1.96. The summed E-state index contributed by atoms with van der Waals surface area (Å²) in [5.74, 6) is 0. The lowest BCUT2D eigenvalue weighted by molar-refractivity contribution is 0.578. The van der Waals surface area contributed by atoms with Crippen LogP contribution >= 0.6 is 0 Å². The number of hydrogen-bond donors (Lipinski definition) is 0. The minimum atomic E-state index is -0.0764. The highest BCUT2D eigenvalue weighted by Gasteiger charge is 1.95. The van der Waals surface area contributed by atoms with Crippen LogP contribution in [0.4, 0.5) is 0 Å². The molecule has 5 nitrogen and oxygen atoms in total. The van der Waals surface area contributed by atoms with E-state index in [0.717, 1.165) is 0 Å². The van der Waals surface area contributed by atoms with Crippen molar-refractivity contribution in [1.29, 1.82) is 0 Å². The van der Waals surface area contributed by atoms with Gasteiger partial charge >= 0.3 is 0 Å². The molecule has 0 radical (unpaired) electrons. The van der Waals surface area contributed by atoms with Crippen molar-refractivity contribution in [1.82, 2.24) is 14.1 Å². The second kappa shape index (κ2) is 9.72. The number of pyridine rings is 1. The van der Waals surface area contributed by atoms with Crippen LogP contribution in [0.3, 0.4) is 0 Å². The first kappa shape index (κ1) is 17.8. The van der Waals surface area contributed by atoms with Crippen molar-refractivity contribution in [2.45, 2.75) is 33.7 Å². The van der Waals surface area contributed by atoms with E-state index in [-0.39, 0.29) is 17.2 Å². The van der Waals surface area contributed by atoms with E-state index in [4.69, 9.17) is 0 Å². The molecule has 0 aliphatic rings. The monoisotopic (exact) mass is 277 g/mol. The Hall–Kier alpha value is -2.17. The third-order valence-corrected chi connectivity index (χ3v) is 2.32. The highest BCUT2D eigenvalue weighted by molar-refractivity contribution is 4.94. The molecule has 2 aromatic rings. The lowest BCUT2D eigenvalue weighted by atomic mass is 10.3. The molecule has 0 aromatic carbocycles. The van der Waals surface area contributed by atoms with Gasteiger partial charge in [0.05, 0.1) is 6.20 Å². The van der Waals surface area contributed by atoms with Crippen molar-refractivity contribution in [3.63, 3.8) is 0 Å². The summed E-state index contributed by atoms with van der Waals surface area (Å²) >= 11 is 0. The predicted octanol–water partition coefficient (Wildman–Crippen LogP) is 2.24. The van der Waals surface area contributed by atoms with Gasteiger partial charge in [0.2, 0.25) is 0 Å². The second-order valence-electron chi connectivity index (χ2n) is 4.07. The SMILES string of the molecule is CC.CC(C)n1ccccc1=O.Cn1ccncc1=O. The molecule has 20 heavy (non-hydrogen) atoms. The first-order chi connectivity index (χ1) is 9.52. The van der Waals surface area contributed by atoms with Gasteiger partial charge < -0.3 is 9.13 Å². The molecule has 110 valence electrons. The molecule has 0 atom stereocenters. The van der Waals surface area contributed by atoms with E-state index in [1.54, 1.807) is 42.3 Å². The molecule has 0 N–H and O–H groups in total. The second-order valence-corrected chi connectivity index (χ2v) is 4.07. The molecule has 0 aliphatic carbocycles. The van der Waals surface area contributed by atoms with E-state index in [9.17, 15) is 9.59 Å². The van der Waals surface area contributed by atoms with Crippen molar-refractivity contribution in [3.05, 3.63) is 63.7 Å². The van der Waals surface area contributed by atoms with Gasteiger partial charge in [-0.1, -0.05) is 19.9 Å². The van der Waals surface area contributed by atoms with Crippen LogP contribution in [0.2, 0.25) is 0 Å². The zero-order chi connectivity index (χ0) is 15.5. The molecular formula is C15H23N3O2. The van der Waals surface area contributed by atoms with Gasteiger partial charge in [0, 0.05) is 37.7 Å². The van der Waals surface area contributed by atoms with Crippen molar-refractivity contribution in [2.75, 3.05) is 0 Å². The van der Waals surface area contributed by atoms with Gasteiger partial charge in [0.25, 0.3) is 11.1 Å². The third kappa shape index (κ3) is 6.13. The largest absolute Gasteiger partial charge is 0.316 e. The molecule has 5 heteroatoms. The van der Waals surface area contributed by atoms with Crippen molar-refractivity contribution in [3.8, 4) is 0 Å². The Bertz CT molecular complexity index is 600. The van der Waals surface area contributed by atoms with E-state index >= 15 is 0 Å². The lowest BCUT2D eigenvalue weighted by Crippen LogP contribution is -2.19.